The van der Waals surface area contributed by atoms with Crippen molar-refractivity contribution >= 4 is 17.1 Å². The van der Waals surface area contributed by atoms with Gasteiger partial charge in [0.2, 0.25) is 0 Å². The van der Waals surface area contributed by atoms with Gasteiger partial charge in [-0.1, -0.05) is 6.07 Å². The van der Waals surface area contributed by atoms with Crippen molar-refractivity contribution in [1.29, 1.82) is 0 Å². The maximum absolute atomic E-state index is 13.0. The van der Waals surface area contributed by atoms with Gasteiger partial charge in [-0.25, -0.2) is 4.39 Å². The maximum Gasteiger partial charge on any atom is 0.295 e. The molecule has 0 spiro atoms. The standard InChI is InChI=1S/C11H7FN3O3/c12-8-2-1-3-9(6-8)14(16)11-7-13-5-4-10(11)15(17)18/h1-7H/q-1. The second-order valence-corrected chi connectivity index (χ2v) is 3.40. The monoisotopic (exact) mass is 248 g/mol. The van der Waals surface area contributed by atoms with Crippen molar-refractivity contribution in [2.45, 2.75) is 0 Å². The molecule has 6 nitrogen and oxygen atoms in total. The number of hydrogen-bond donors (Lipinski definition) is 0. The fraction of sp³-hybridized carbons (Fsp3) is 0. The van der Waals surface area contributed by atoms with Crippen molar-refractivity contribution in [2.75, 3.05) is 5.06 Å². The Labute approximate surface area is 101 Å². The van der Waals surface area contributed by atoms with Crippen LogP contribution in [0.15, 0.2) is 42.7 Å². The van der Waals surface area contributed by atoms with Crippen molar-refractivity contribution in [3.8, 4) is 0 Å². The van der Waals surface area contributed by atoms with E-state index in [-0.39, 0.29) is 22.1 Å². The van der Waals surface area contributed by atoms with E-state index in [4.69, 9.17) is 0 Å². The number of rotatable bonds is 3. The molecule has 0 bridgehead atoms. The molecule has 0 atom stereocenters. The average molecular weight is 248 g/mol. The van der Waals surface area contributed by atoms with Gasteiger partial charge in [0.05, 0.1) is 11.1 Å². The van der Waals surface area contributed by atoms with Gasteiger partial charge in [0.25, 0.3) is 5.69 Å². The normalized spacial score (nSPS) is 10.1. The van der Waals surface area contributed by atoms with E-state index in [1.54, 1.807) is 0 Å². The van der Waals surface area contributed by atoms with Crippen LogP contribution in [0.25, 0.3) is 0 Å². The SMILES string of the molecule is O=[N+]([O-])c1ccncc1N([O-])c1cccc(F)c1. The zero-order valence-electron chi connectivity index (χ0n) is 8.99. The largest absolute Gasteiger partial charge is 0.754 e. The molecular weight excluding hydrogens is 241 g/mol. The first-order chi connectivity index (χ1) is 8.59. The van der Waals surface area contributed by atoms with Crippen LogP contribution in [0.2, 0.25) is 0 Å². The van der Waals surface area contributed by atoms with E-state index in [1.165, 1.54) is 24.4 Å². The van der Waals surface area contributed by atoms with Gasteiger partial charge in [-0.2, -0.15) is 0 Å². The number of anilines is 2. The van der Waals surface area contributed by atoms with Crippen LogP contribution in [0, 0.1) is 21.1 Å². The summed E-state index contributed by atoms with van der Waals surface area (Å²) in [6.07, 6.45) is 2.27. The van der Waals surface area contributed by atoms with Crippen molar-refractivity contribution in [3.63, 3.8) is 0 Å². The molecule has 0 amide bonds. The van der Waals surface area contributed by atoms with Crippen LogP contribution in [0.1, 0.15) is 0 Å². The Morgan fingerprint density at radius 1 is 1.33 bits per heavy atom. The molecule has 1 aromatic carbocycles. The van der Waals surface area contributed by atoms with Gasteiger partial charge in [-0.15, -0.1) is 0 Å². The summed E-state index contributed by atoms with van der Waals surface area (Å²) in [7, 11) is 0. The van der Waals surface area contributed by atoms with Gasteiger partial charge in [-0.05, 0) is 18.2 Å². The van der Waals surface area contributed by atoms with Crippen molar-refractivity contribution in [2.24, 2.45) is 0 Å². The summed E-state index contributed by atoms with van der Waals surface area (Å²) in [6, 6.07) is 5.98. The van der Waals surface area contributed by atoms with Crippen LogP contribution in [0.4, 0.5) is 21.5 Å². The highest BCUT2D eigenvalue weighted by molar-refractivity contribution is 5.71. The molecule has 0 N–H and O–H groups in total. The number of benzene rings is 1. The fourth-order valence-corrected chi connectivity index (χ4v) is 1.43. The fourth-order valence-electron chi connectivity index (χ4n) is 1.43. The number of aromatic nitrogens is 1. The van der Waals surface area contributed by atoms with Crippen LogP contribution in [0.3, 0.4) is 0 Å². The zero-order valence-corrected chi connectivity index (χ0v) is 8.99. The number of nitro groups is 1. The van der Waals surface area contributed by atoms with Gasteiger partial charge in [0.15, 0.2) is 0 Å². The summed E-state index contributed by atoms with van der Waals surface area (Å²) in [6.45, 7) is 0. The molecule has 1 heterocycles. The van der Waals surface area contributed by atoms with Crippen LogP contribution in [0.5, 0.6) is 0 Å². The van der Waals surface area contributed by atoms with Crippen molar-refractivity contribution in [3.05, 3.63) is 63.9 Å². The number of nitrogens with zero attached hydrogens (tertiary/aromatic N) is 3. The topological polar surface area (TPSA) is 82.3 Å². The van der Waals surface area contributed by atoms with E-state index in [1.807, 2.05) is 0 Å². The highest BCUT2D eigenvalue weighted by atomic mass is 19.1. The van der Waals surface area contributed by atoms with E-state index in [9.17, 15) is 19.7 Å². The van der Waals surface area contributed by atoms with Gasteiger partial charge in [-0.3, -0.25) is 15.1 Å². The Morgan fingerprint density at radius 3 is 2.78 bits per heavy atom. The smallest absolute Gasteiger partial charge is 0.295 e. The molecule has 0 saturated carbocycles. The third-order valence-corrected chi connectivity index (χ3v) is 2.24. The van der Waals surface area contributed by atoms with Crippen LogP contribution in [-0.4, -0.2) is 9.91 Å². The van der Waals surface area contributed by atoms with E-state index >= 15 is 0 Å². The lowest BCUT2D eigenvalue weighted by Gasteiger charge is -2.29. The molecule has 0 aliphatic rings. The van der Waals surface area contributed by atoms with Gasteiger partial charge in [0.1, 0.15) is 11.5 Å². The first-order valence-corrected chi connectivity index (χ1v) is 4.91. The maximum atomic E-state index is 13.0. The number of halogens is 1. The van der Waals surface area contributed by atoms with E-state index in [0.29, 0.717) is 0 Å². The van der Waals surface area contributed by atoms with Crippen LogP contribution < -0.4 is 5.06 Å². The molecule has 0 fully saturated rings. The minimum atomic E-state index is -0.693. The Hall–Kier alpha value is -2.54. The van der Waals surface area contributed by atoms with Crippen LogP contribution >= 0.6 is 0 Å². The third-order valence-electron chi connectivity index (χ3n) is 2.24. The summed E-state index contributed by atoms with van der Waals surface area (Å²) >= 11 is 0. The Bertz CT molecular complexity index is 591. The Balaban J connectivity index is 2.46. The predicted octanol–water partition coefficient (Wildman–Crippen LogP) is 2.76. The Kier molecular flexibility index (Phi) is 3.16. The van der Waals surface area contributed by atoms with Gasteiger partial charge in [0, 0.05) is 18.0 Å². The molecule has 2 aromatic rings. The third kappa shape index (κ3) is 2.25. The zero-order chi connectivity index (χ0) is 13.1. The lowest BCUT2D eigenvalue weighted by molar-refractivity contribution is -0.384. The van der Waals surface area contributed by atoms with Crippen molar-refractivity contribution in [1.82, 2.24) is 4.98 Å². The van der Waals surface area contributed by atoms with Gasteiger partial charge < -0.3 is 10.3 Å². The van der Waals surface area contributed by atoms with Gasteiger partial charge >= 0.3 is 0 Å². The second-order valence-electron chi connectivity index (χ2n) is 3.40. The molecule has 0 saturated heterocycles. The number of pyridine rings is 1. The quantitative estimate of drug-likeness (QED) is 0.616. The Morgan fingerprint density at radius 2 is 2.11 bits per heavy atom. The molecule has 18 heavy (non-hydrogen) atoms. The molecule has 1 aromatic heterocycles. The van der Waals surface area contributed by atoms with E-state index in [0.717, 1.165) is 18.3 Å². The minimum Gasteiger partial charge on any atom is -0.754 e. The second kappa shape index (κ2) is 4.76. The molecule has 92 valence electrons. The molecule has 0 radical (unpaired) electrons. The first-order valence-electron chi connectivity index (χ1n) is 4.91. The summed E-state index contributed by atoms with van der Waals surface area (Å²) < 4.78 is 13.0. The summed E-state index contributed by atoms with van der Waals surface area (Å²) in [5.74, 6) is -0.597. The minimum absolute atomic E-state index is 0.0360. The highest BCUT2D eigenvalue weighted by Gasteiger charge is 2.15. The molecule has 2 rings (SSSR count). The van der Waals surface area contributed by atoms with Crippen molar-refractivity contribution < 1.29 is 9.31 Å². The predicted molar refractivity (Wildman–Crippen MR) is 62.8 cm³/mol. The average Bonchev–Trinajstić information content (AvgIpc) is 2.38. The van der Waals surface area contributed by atoms with E-state index in [2.05, 4.69) is 4.98 Å². The van der Waals surface area contributed by atoms with Crippen LogP contribution in [-0.2, 0) is 0 Å². The van der Waals surface area contributed by atoms with E-state index < -0.39 is 10.7 Å². The molecule has 0 aliphatic carbocycles. The summed E-state index contributed by atoms with van der Waals surface area (Å²) in [4.78, 5) is 13.7. The lowest BCUT2D eigenvalue weighted by Crippen LogP contribution is -2.09. The molecule has 0 aliphatic heterocycles. The summed E-state index contributed by atoms with van der Waals surface area (Å²) in [5, 5.41) is 23.0. The molecular formula is C11H7FN3O3-. The number of hydrogen-bond acceptors (Lipinski definition) is 5. The highest BCUT2D eigenvalue weighted by Crippen LogP contribution is 2.31. The lowest BCUT2D eigenvalue weighted by atomic mass is 10.2. The summed E-state index contributed by atoms with van der Waals surface area (Å²) in [5.41, 5.74) is -0.663. The molecule has 7 heteroatoms. The molecule has 0 unspecified atom stereocenters. The first kappa shape index (κ1) is 11.9.